The Labute approximate surface area is 174 Å². The van der Waals surface area contributed by atoms with Crippen LogP contribution < -0.4 is 4.72 Å². The molecule has 0 fully saturated rings. The molecule has 9 heteroatoms. The van der Waals surface area contributed by atoms with Crippen molar-refractivity contribution in [2.45, 2.75) is 51.0 Å². The maximum absolute atomic E-state index is 12.6. The zero-order chi connectivity index (χ0) is 22.1. The first-order chi connectivity index (χ1) is 13.5. The first kappa shape index (κ1) is 25.7. The third-order valence-electron chi connectivity index (χ3n) is 4.54. The molecule has 1 rings (SSSR count). The molecule has 0 spiro atoms. The van der Waals surface area contributed by atoms with E-state index in [2.05, 4.69) is 4.72 Å². The maximum atomic E-state index is 12.6. The Balaban J connectivity index is 2.58. The Morgan fingerprint density at radius 3 is 2.28 bits per heavy atom. The summed E-state index contributed by atoms with van der Waals surface area (Å²) >= 11 is 0. The summed E-state index contributed by atoms with van der Waals surface area (Å²) in [5.41, 5.74) is 0.998. The highest BCUT2D eigenvalue weighted by Crippen LogP contribution is 2.46. The molecule has 0 saturated carbocycles. The van der Waals surface area contributed by atoms with Crippen LogP contribution in [0.15, 0.2) is 41.3 Å². The van der Waals surface area contributed by atoms with Crippen molar-refractivity contribution < 1.29 is 26.8 Å². The average Bonchev–Trinajstić information content (AvgIpc) is 2.66. The third-order valence-corrected chi connectivity index (χ3v) is 7.86. The van der Waals surface area contributed by atoms with Gasteiger partial charge in [0, 0.05) is 20.3 Å². The van der Waals surface area contributed by atoms with Crippen molar-refractivity contribution in [2.75, 3.05) is 20.4 Å². The highest BCUT2D eigenvalue weighted by molar-refractivity contribution is 7.89. The van der Waals surface area contributed by atoms with Crippen LogP contribution in [0.25, 0.3) is 0 Å². The van der Waals surface area contributed by atoms with Crippen molar-refractivity contribution in [2.24, 2.45) is 5.92 Å². The van der Waals surface area contributed by atoms with E-state index in [4.69, 9.17) is 9.05 Å². The lowest BCUT2D eigenvalue weighted by atomic mass is 9.99. The molecular weight excluding hydrogens is 413 g/mol. The molecular formula is C20H32NO6PS. The van der Waals surface area contributed by atoms with Crippen molar-refractivity contribution in [1.82, 2.24) is 4.72 Å². The largest absolute Gasteiger partial charge is 0.337 e. The highest BCUT2D eigenvalue weighted by Gasteiger charge is 2.24. The average molecular weight is 446 g/mol. The van der Waals surface area contributed by atoms with Gasteiger partial charge in [-0.05, 0) is 50.3 Å². The number of benzene rings is 1. The van der Waals surface area contributed by atoms with Gasteiger partial charge in [0.15, 0.2) is 5.78 Å². The van der Waals surface area contributed by atoms with Gasteiger partial charge in [-0.15, -0.1) is 0 Å². The summed E-state index contributed by atoms with van der Waals surface area (Å²) in [6, 6.07) is 6.52. The van der Waals surface area contributed by atoms with Crippen LogP contribution in [0.2, 0.25) is 0 Å². The van der Waals surface area contributed by atoms with Gasteiger partial charge in [0.1, 0.15) is 6.16 Å². The number of sulfonamides is 1. The zero-order valence-corrected chi connectivity index (χ0v) is 19.5. The maximum Gasteiger partial charge on any atom is 0.337 e. The number of carbonyl (C=O) groups is 1. The van der Waals surface area contributed by atoms with E-state index >= 15 is 0 Å². The normalized spacial score (nSPS) is 13.9. The van der Waals surface area contributed by atoms with Crippen molar-refractivity contribution in [3.63, 3.8) is 0 Å². The predicted octanol–water partition coefficient (Wildman–Crippen LogP) is 4.08. The number of aryl methyl sites for hydroxylation is 1. The summed E-state index contributed by atoms with van der Waals surface area (Å²) in [4.78, 5) is 12.1. The van der Waals surface area contributed by atoms with Crippen molar-refractivity contribution >= 4 is 23.4 Å². The second kappa shape index (κ2) is 11.8. The quantitative estimate of drug-likeness (QED) is 0.279. The van der Waals surface area contributed by atoms with Crippen molar-refractivity contribution in [1.29, 1.82) is 0 Å². The van der Waals surface area contributed by atoms with Crippen LogP contribution in [-0.4, -0.2) is 40.6 Å². The molecule has 0 saturated heterocycles. The van der Waals surface area contributed by atoms with Crippen LogP contribution >= 0.6 is 7.60 Å². The summed E-state index contributed by atoms with van der Waals surface area (Å²) in [5, 5.41) is 0. The highest BCUT2D eigenvalue weighted by atomic mass is 32.2. The van der Waals surface area contributed by atoms with Crippen LogP contribution in [0.4, 0.5) is 0 Å². The number of carbonyl (C=O) groups excluding carboxylic acids is 1. The Hall–Kier alpha value is -1.31. The molecule has 1 N–H and O–H groups in total. The van der Waals surface area contributed by atoms with Crippen molar-refractivity contribution in [3.05, 3.63) is 42.0 Å². The Kier molecular flexibility index (Phi) is 10.4. The lowest BCUT2D eigenvalue weighted by Gasteiger charge is -2.22. The summed E-state index contributed by atoms with van der Waals surface area (Å²) < 4.78 is 49.4. The molecule has 0 bridgehead atoms. The molecule has 164 valence electrons. The van der Waals surface area contributed by atoms with Crippen LogP contribution in [0.3, 0.4) is 0 Å². The zero-order valence-electron chi connectivity index (χ0n) is 17.8. The Morgan fingerprint density at radius 1 is 1.17 bits per heavy atom. The first-order valence-electron chi connectivity index (χ1n) is 9.52. The monoisotopic (exact) mass is 445 g/mol. The van der Waals surface area contributed by atoms with Crippen LogP contribution in [-0.2, 0) is 28.4 Å². The number of unbranched alkanes of at least 4 members (excludes halogenated alkanes) is 1. The fraction of sp³-hybridized carbons (Fsp3) is 0.550. The molecule has 1 aromatic carbocycles. The minimum atomic E-state index is -3.58. The van der Waals surface area contributed by atoms with Gasteiger partial charge in [-0.25, -0.2) is 13.1 Å². The molecule has 0 aromatic heterocycles. The SMILES string of the molecule is COP(=O)(CC(=O)/C=C/CCCC(NS(=O)(=O)c1ccc(C)cc1)C(C)C)OC. The summed E-state index contributed by atoms with van der Waals surface area (Å²) in [6.07, 6.45) is 4.70. The Morgan fingerprint density at radius 2 is 1.76 bits per heavy atom. The van der Waals surface area contributed by atoms with E-state index in [9.17, 15) is 17.8 Å². The van der Waals surface area contributed by atoms with E-state index < -0.39 is 17.6 Å². The summed E-state index contributed by atoms with van der Waals surface area (Å²) in [5.74, 6) is -0.215. The molecule has 1 unspecified atom stereocenters. The predicted molar refractivity (Wildman–Crippen MR) is 115 cm³/mol. The van der Waals surface area contributed by atoms with Gasteiger partial charge in [0.25, 0.3) is 0 Å². The molecule has 1 atom stereocenters. The third kappa shape index (κ3) is 8.93. The number of nitrogens with one attached hydrogen (secondary N) is 1. The molecule has 0 aliphatic carbocycles. The minimum Gasteiger partial charge on any atom is -0.312 e. The van der Waals surface area contributed by atoms with Gasteiger partial charge in [-0.1, -0.05) is 37.6 Å². The summed E-state index contributed by atoms with van der Waals surface area (Å²) in [7, 11) is -4.46. The number of allylic oxidation sites excluding steroid dienone is 2. The van der Waals surface area contributed by atoms with E-state index in [-0.39, 0.29) is 28.8 Å². The summed E-state index contributed by atoms with van der Waals surface area (Å²) in [6.45, 7) is 5.84. The number of hydrogen-bond acceptors (Lipinski definition) is 6. The van der Waals surface area contributed by atoms with Gasteiger partial charge < -0.3 is 9.05 Å². The lowest BCUT2D eigenvalue weighted by molar-refractivity contribution is -0.112. The van der Waals surface area contributed by atoms with E-state index in [1.165, 1.54) is 20.3 Å². The number of ketones is 1. The number of hydrogen-bond donors (Lipinski definition) is 1. The fourth-order valence-electron chi connectivity index (χ4n) is 2.63. The molecule has 7 nitrogen and oxygen atoms in total. The van der Waals surface area contributed by atoms with Crippen LogP contribution in [0, 0.1) is 12.8 Å². The van der Waals surface area contributed by atoms with Gasteiger partial charge >= 0.3 is 7.60 Å². The standard InChI is InChI=1S/C20H32NO6PS/c1-16(2)20(21-29(24,25)19-13-11-17(3)12-14-19)10-8-6-7-9-18(22)15-28(23,26-4)27-5/h7,9,11-14,16,20-21H,6,8,10,15H2,1-5H3/b9-7+. The molecule has 0 heterocycles. The Bertz CT molecular complexity index is 825. The molecule has 0 radical (unpaired) electrons. The van der Waals surface area contributed by atoms with Gasteiger partial charge in [0.05, 0.1) is 4.90 Å². The van der Waals surface area contributed by atoms with Crippen LogP contribution in [0.5, 0.6) is 0 Å². The van der Waals surface area contributed by atoms with E-state index in [1.807, 2.05) is 20.8 Å². The lowest BCUT2D eigenvalue weighted by Crippen LogP contribution is -2.38. The van der Waals surface area contributed by atoms with Gasteiger partial charge in [-0.2, -0.15) is 0 Å². The smallest absolute Gasteiger partial charge is 0.312 e. The number of rotatable bonds is 13. The molecule has 29 heavy (non-hydrogen) atoms. The second-order valence-corrected chi connectivity index (χ2v) is 11.2. The minimum absolute atomic E-state index is 0.120. The van der Waals surface area contributed by atoms with Gasteiger partial charge in [-0.3, -0.25) is 9.36 Å². The first-order valence-corrected chi connectivity index (χ1v) is 12.7. The molecule has 1 aromatic rings. The van der Waals surface area contributed by atoms with E-state index in [0.29, 0.717) is 19.3 Å². The molecule has 0 aliphatic rings. The van der Waals surface area contributed by atoms with E-state index in [1.54, 1.807) is 30.3 Å². The van der Waals surface area contributed by atoms with E-state index in [0.717, 1.165) is 5.56 Å². The topological polar surface area (TPSA) is 98.8 Å². The second-order valence-electron chi connectivity index (χ2n) is 7.22. The molecule has 0 amide bonds. The van der Waals surface area contributed by atoms with Gasteiger partial charge in [0.2, 0.25) is 10.0 Å². The van der Waals surface area contributed by atoms with Crippen LogP contribution in [0.1, 0.15) is 38.7 Å². The fourth-order valence-corrected chi connectivity index (χ4v) is 4.94. The van der Waals surface area contributed by atoms with Crippen molar-refractivity contribution in [3.8, 4) is 0 Å². The molecule has 0 aliphatic heterocycles.